The van der Waals surface area contributed by atoms with E-state index in [0.29, 0.717) is 0 Å². The second kappa shape index (κ2) is 6.05. The molecule has 0 saturated carbocycles. The quantitative estimate of drug-likeness (QED) is 0.659. The predicted octanol–water partition coefficient (Wildman–Crippen LogP) is 2.52. The SMILES string of the molecule is COc1ccc(-c2nn[se]c2Sc2nnc(C)s2)cc1. The molecule has 0 atom stereocenters. The molecule has 0 bridgehead atoms. The first-order valence-corrected chi connectivity index (χ1v) is 8.96. The summed E-state index contributed by atoms with van der Waals surface area (Å²) < 4.78 is 11.5. The monoisotopic (exact) mass is 370 g/mol. The molecule has 0 N–H and O–H groups in total. The molecule has 0 saturated heterocycles. The van der Waals surface area contributed by atoms with Crippen LogP contribution in [0.4, 0.5) is 0 Å². The first-order valence-electron chi connectivity index (χ1n) is 5.71. The van der Waals surface area contributed by atoms with E-state index < -0.39 is 0 Å². The van der Waals surface area contributed by atoms with E-state index in [0.717, 1.165) is 26.4 Å². The van der Waals surface area contributed by atoms with Crippen LogP contribution >= 0.6 is 23.1 Å². The van der Waals surface area contributed by atoms with Gasteiger partial charge in [0.2, 0.25) is 0 Å². The summed E-state index contributed by atoms with van der Waals surface area (Å²) in [6.45, 7) is 1.95. The standard InChI is InChI=1S/C12H10N4OS2Se/c1-7-13-15-12(18-7)19-11-10(14-16-20-11)8-3-5-9(17-2)6-4-8/h3-6H,1-2H3. The van der Waals surface area contributed by atoms with Crippen molar-refractivity contribution in [1.82, 2.24) is 19.4 Å². The molecular formula is C12H10N4OS2Se. The number of ether oxygens (including phenoxy) is 1. The molecule has 102 valence electrons. The Bertz CT molecular complexity index is 710. The van der Waals surface area contributed by atoms with Crippen molar-refractivity contribution in [3.05, 3.63) is 29.3 Å². The van der Waals surface area contributed by atoms with Gasteiger partial charge in [0.25, 0.3) is 0 Å². The Hall–Kier alpha value is -1.21. The summed E-state index contributed by atoms with van der Waals surface area (Å²) in [5.41, 5.74) is 1.99. The summed E-state index contributed by atoms with van der Waals surface area (Å²) in [5, 5.41) is 13.4. The van der Waals surface area contributed by atoms with Gasteiger partial charge < -0.3 is 0 Å². The zero-order valence-corrected chi connectivity index (χ0v) is 14.1. The number of hydrogen-bond acceptors (Lipinski definition) is 7. The van der Waals surface area contributed by atoms with Gasteiger partial charge in [0.05, 0.1) is 0 Å². The molecule has 0 radical (unpaired) electrons. The summed E-state index contributed by atoms with van der Waals surface area (Å²) in [7, 11) is 1.66. The molecular weight excluding hydrogens is 359 g/mol. The minimum atomic E-state index is 0.0273. The van der Waals surface area contributed by atoms with Crippen LogP contribution in [-0.2, 0) is 0 Å². The number of aryl methyl sites for hydroxylation is 1. The number of methoxy groups -OCH3 is 1. The second-order valence-electron chi connectivity index (χ2n) is 3.83. The normalized spacial score (nSPS) is 10.7. The van der Waals surface area contributed by atoms with Crippen molar-refractivity contribution in [2.24, 2.45) is 0 Å². The fourth-order valence-electron chi connectivity index (χ4n) is 1.57. The van der Waals surface area contributed by atoms with E-state index in [-0.39, 0.29) is 14.7 Å². The van der Waals surface area contributed by atoms with Crippen LogP contribution in [-0.4, -0.2) is 41.2 Å². The molecule has 0 aliphatic carbocycles. The van der Waals surface area contributed by atoms with Crippen molar-refractivity contribution in [2.75, 3.05) is 7.11 Å². The van der Waals surface area contributed by atoms with Gasteiger partial charge in [-0.3, -0.25) is 0 Å². The van der Waals surface area contributed by atoms with Gasteiger partial charge in [-0.15, -0.1) is 0 Å². The third-order valence-electron chi connectivity index (χ3n) is 2.51. The number of rotatable bonds is 4. The average molecular weight is 369 g/mol. The van der Waals surface area contributed by atoms with E-state index in [2.05, 4.69) is 19.4 Å². The Kier molecular flexibility index (Phi) is 4.16. The van der Waals surface area contributed by atoms with Gasteiger partial charge in [0, 0.05) is 0 Å². The molecule has 20 heavy (non-hydrogen) atoms. The van der Waals surface area contributed by atoms with Crippen molar-refractivity contribution < 1.29 is 4.74 Å². The maximum absolute atomic E-state index is 5.17. The summed E-state index contributed by atoms with van der Waals surface area (Å²) in [5.74, 6) is 0.837. The molecule has 8 heteroatoms. The Balaban J connectivity index is 1.88. The van der Waals surface area contributed by atoms with Crippen molar-refractivity contribution in [3.63, 3.8) is 0 Å². The molecule has 5 nitrogen and oxygen atoms in total. The van der Waals surface area contributed by atoms with Gasteiger partial charge in [-0.05, 0) is 0 Å². The van der Waals surface area contributed by atoms with E-state index in [1.165, 1.54) is 3.77 Å². The van der Waals surface area contributed by atoms with Crippen LogP contribution < -0.4 is 4.74 Å². The van der Waals surface area contributed by atoms with Crippen molar-refractivity contribution in [3.8, 4) is 17.0 Å². The van der Waals surface area contributed by atoms with Crippen LogP contribution in [0, 0.1) is 6.92 Å². The first-order chi connectivity index (χ1) is 9.76. The number of benzene rings is 1. The van der Waals surface area contributed by atoms with Crippen molar-refractivity contribution >= 4 is 37.8 Å². The summed E-state index contributed by atoms with van der Waals surface area (Å²) in [6, 6.07) is 7.86. The molecule has 2 aromatic heterocycles. The van der Waals surface area contributed by atoms with E-state index in [1.807, 2.05) is 31.2 Å². The number of nitrogens with zero attached hydrogens (tertiary/aromatic N) is 4. The van der Waals surface area contributed by atoms with Gasteiger partial charge in [-0.2, -0.15) is 0 Å². The van der Waals surface area contributed by atoms with Crippen LogP contribution in [0.25, 0.3) is 11.3 Å². The van der Waals surface area contributed by atoms with Crippen LogP contribution in [0.1, 0.15) is 5.01 Å². The van der Waals surface area contributed by atoms with Gasteiger partial charge in [0.15, 0.2) is 0 Å². The summed E-state index contributed by atoms with van der Waals surface area (Å²) >= 11 is 3.24. The molecule has 0 fully saturated rings. The molecule has 1 aromatic carbocycles. The Labute approximate surface area is 130 Å². The Morgan fingerprint density at radius 1 is 1.15 bits per heavy atom. The third-order valence-corrected chi connectivity index (χ3v) is 6.29. The minimum absolute atomic E-state index is 0.0273. The van der Waals surface area contributed by atoms with Gasteiger partial charge in [0.1, 0.15) is 0 Å². The molecule has 0 amide bonds. The first kappa shape index (κ1) is 13.8. The fraction of sp³-hybridized carbons (Fsp3) is 0.167. The topological polar surface area (TPSA) is 60.8 Å². The van der Waals surface area contributed by atoms with Crippen molar-refractivity contribution in [2.45, 2.75) is 15.0 Å². The molecule has 3 aromatic rings. The Morgan fingerprint density at radius 2 is 1.95 bits per heavy atom. The molecule has 0 unspecified atom stereocenters. The van der Waals surface area contributed by atoms with E-state index >= 15 is 0 Å². The average Bonchev–Trinajstić information content (AvgIpc) is 3.09. The third kappa shape index (κ3) is 2.93. The molecule has 0 aliphatic rings. The summed E-state index contributed by atoms with van der Waals surface area (Å²) in [6.07, 6.45) is 0. The van der Waals surface area contributed by atoms with Gasteiger partial charge in [-0.1, -0.05) is 0 Å². The van der Waals surface area contributed by atoms with E-state index in [1.54, 1.807) is 30.2 Å². The van der Waals surface area contributed by atoms with Crippen LogP contribution in [0.2, 0.25) is 0 Å². The zero-order valence-electron chi connectivity index (χ0n) is 10.7. The van der Waals surface area contributed by atoms with Gasteiger partial charge in [-0.25, -0.2) is 0 Å². The van der Waals surface area contributed by atoms with Gasteiger partial charge >= 0.3 is 130 Å². The zero-order chi connectivity index (χ0) is 13.9. The summed E-state index contributed by atoms with van der Waals surface area (Å²) in [4.78, 5) is 0. The number of hydrogen-bond donors (Lipinski definition) is 0. The van der Waals surface area contributed by atoms with E-state index in [4.69, 9.17) is 4.74 Å². The predicted molar refractivity (Wildman–Crippen MR) is 79.7 cm³/mol. The fourth-order valence-corrected chi connectivity index (χ4v) is 5.49. The molecule has 3 rings (SSSR count). The number of aromatic nitrogens is 4. The molecule has 0 spiro atoms. The Morgan fingerprint density at radius 3 is 2.60 bits per heavy atom. The van der Waals surface area contributed by atoms with Crippen LogP contribution in [0.15, 0.2) is 32.4 Å². The molecule has 2 heterocycles. The van der Waals surface area contributed by atoms with Crippen LogP contribution in [0.3, 0.4) is 0 Å². The maximum atomic E-state index is 5.17. The van der Waals surface area contributed by atoms with E-state index in [9.17, 15) is 0 Å². The molecule has 0 aliphatic heterocycles. The second-order valence-corrected chi connectivity index (χ2v) is 8.43. The van der Waals surface area contributed by atoms with Crippen molar-refractivity contribution in [1.29, 1.82) is 0 Å². The van der Waals surface area contributed by atoms with Crippen LogP contribution in [0.5, 0.6) is 5.75 Å².